The smallest absolute Gasteiger partial charge is 0.253 e. The van der Waals surface area contributed by atoms with Crippen molar-refractivity contribution < 1.29 is 4.79 Å². The lowest BCUT2D eigenvalue weighted by Gasteiger charge is -2.17. The Kier molecular flexibility index (Phi) is 4.16. The number of rotatable bonds is 4. The second kappa shape index (κ2) is 6.02. The third-order valence-electron chi connectivity index (χ3n) is 3.09. The summed E-state index contributed by atoms with van der Waals surface area (Å²) in [5.41, 5.74) is 2.00. The zero-order chi connectivity index (χ0) is 14.5. The van der Waals surface area contributed by atoms with Crippen molar-refractivity contribution in [2.45, 2.75) is 20.0 Å². The lowest BCUT2D eigenvalue weighted by Crippen LogP contribution is -2.27. The number of hydrogen-bond donors (Lipinski definition) is 0. The molecule has 0 saturated heterocycles. The summed E-state index contributed by atoms with van der Waals surface area (Å²) in [7, 11) is 1.74. The Balaban J connectivity index is 2.14. The van der Waals surface area contributed by atoms with Gasteiger partial charge >= 0.3 is 0 Å². The molecule has 1 heterocycles. The summed E-state index contributed by atoms with van der Waals surface area (Å²) in [6, 6.07) is 10.7. The van der Waals surface area contributed by atoms with Crippen molar-refractivity contribution >= 4 is 5.91 Å². The Morgan fingerprint density at radius 1 is 1.45 bits per heavy atom. The molecule has 2 aromatic rings. The van der Waals surface area contributed by atoms with E-state index in [0.29, 0.717) is 17.7 Å². The van der Waals surface area contributed by atoms with E-state index < -0.39 is 0 Å². The minimum Gasteiger partial charge on any atom is -0.336 e. The van der Waals surface area contributed by atoms with Gasteiger partial charge in [0.15, 0.2) is 0 Å². The van der Waals surface area contributed by atoms with Gasteiger partial charge in [-0.25, -0.2) is 0 Å². The highest BCUT2D eigenvalue weighted by molar-refractivity contribution is 5.94. The van der Waals surface area contributed by atoms with Crippen molar-refractivity contribution in [1.82, 2.24) is 14.7 Å². The molecule has 2 rings (SSSR count). The molecule has 0 radical (unpaired) electrons. The summed E-state index contributed by atoms with van der Waals surface area (Å²) in [6.45, 7) is 3.27. The predicted octanol–water partition coefficient (Wildman–Crippen LogP) is 2.05. The number of carbonyl (C=O) groups is 1. The molecule has 1 aromatic carbocycles. The molecule has 0 N–H and O–H groups in total. The molecule has 0 aliphatic carbocycles. The number of nitrogens with zero attached hydrogens (tertiary/aromatic N) is 4. The van der Waals surface area contributed by atoms with Crippen LogP contribution in [-0.2, 0) is 13.1 Å². The monoisotopic (exact) mass is 268 g/mol. The van der Waals surface area contributed by atoms with Crippen molar-refractivity contribution in [1.29, 1.82) is 5.26 Å². The second-order valence-corrected chi connectivity index (χ2v) is 4.49. The van der Waals surface area contributed by atoms with Crippen LogP contribution in [0.25, 0.3) is 0 Å². The first-order valence-corrected chi connectivity index (χ1v) is 6.42. The largest absolute Gasteiger partial charge is 0.336 e. The van der Waals surface area contributed by atoms with Crippen LogP contribution in [0.2, 0.25) is 0 Å². The number of aromatic nitrogens is 2. The van der Waals surface area contributed by atoms with Gasteiger partial charge < -0.3 is 4.90 Å². The molecule has 1 amide bonds. The summed E-state index contributed by atoms with van der Waals surface area (Å²) < 4.78 is 1.86. The average Bonchev–Trinajstić information content (AvgIpc) is 2.93. The third kappa shape index (κ3) is 2.86. The van der Waals surface area contributed by atoms with Gasteiger partial charge in [-0.2, -0.15) is 10.4 Å². The molecule has 1 aromatic heterocycles. The van der Waals surface area contributed by atoms with E-state index >= 15 is 0 Å². The standard InChI is InChI=1S/C15H16N4O/c1-3-19-14(7-8-17-19)11-18(2)15(20)13-6-4-5-12(9-13)10-16/h4-9H,3,11H2,1-2H3. The highest BCUT2D eigenvalue weighted by atomic mass is 16.2. The molecular formula is C15H16N4O. The number of benzene rings is 1. The van der Waals surface area contributed by atoms with Crippen LogP contribution < -0.4 is 0 Å². The van der Waals surface area contributed by atoms with Crippen LogP contribution in [0.4, 0.5) is 0 Å². The molecule has 5 nitrogen and oxygen atoms in total. The van der Waals surface area contributed by atoms with Crippen molar-refractivity contribution in [3.8, 4) is 6.07 Å². The molecule has 102 valence electrons. The van der Waals surface area contributed by atoms with E-state index in [1.54, 1.807) is 42.4 Å². The van der Waals surface area contributed by atoms with Gasteiger partial charge in [-0.1, -0.05) is 6.07 Å². The van der Waals surface area contributed by atoms with Gasteiger partial charge in [0.2, 0.25) is 0 Å². The van der Waals surface area contributed by atoms with Gasteiger partial charge in [-0.15, -0.1) is 0 Å². The Morgan fingerprint density at radius 2 is 2.25 bits per heavy atom. The highest BCUT2D eigenvalue weighted by Crippen LogP contribution is 2.10. The summed E-state index contributed by atoms with van der Waals surface area (Å²) >= 11 is 0. The van der Waals surface area contributed by atoms with Gasteiger partial charge in [-0.05, 0) is 31.2 Å². The van der Waals surface area contributed by atoms with Gasteiger partial charge in [0.05, 0.1) is 23.9 Å². The van der Waals surface area contributed by atoms with Crippen LogP contribution in [0.5, 0.6) is 0 Å². The van der Waals surface area contributed by atoms with Crippen LogP contribution in [0.15, 0.2) is 36.5 Å². The first kappa shape index (κ1) is 13.8. The number of nitriles is 1. The maximum Gasteiger partial charge on any atom is 0.253 e. The Hall–Kier alpha value is -2.61. The van der Waals surface area contributed by atoms with Gasteiger partial charge in [0, 0.05) is 25.4 Å². The van der Waals surface area contributed by atoms with Crippen molar-refractivity contribution in [3.63, 3.8) is 0 Å². The molecule has 0 aliphatic rings. The molecule has 0 unspecified atom stereocenters. The van der Waals surface area contributed by atoms with Crippen LogP contribution in [-0.4, -0.2) is 27.6 Å². The van der Waals surface area contributed by atoms with Crippen molar-refractivity contribution in [2.75, 3.05) is 7.05 Å². The van der Waals surface area contributed by atoms with Gasteiger partial charge in [0.25, 0.3) is 5.91 Å². The topological polar surface area (TPSA) is 61.9 Å². The van der Waals surface area contributed by atoms with E-state index in [0.717, 1.165) is 12.2 Å². The van der Waals surface area contributed by atoms with Crippen LogP contribution in [0, 0.1) is 11.3 Å². The van der Waals surface area contributed by atoms with Gasteiger partial charge in [0.1, 0.15) is 0 Å². The maximum atomic E-state index is 12.3. The summed E-state index contributed by atoms with van der Waals surface area (Å²) in [5, 5.41) is 13.1. The van der Waals surface area contributed by atoms with E-state index in [2.05, 4.69) is 5.10 Å². The van der Waals surface area contributed by atoms with E-state index in [4.69, 9.17) is 5.26 Å². The van der Waals surface area contributed by atoms with Crippen LogP contribution >= 0.6 is 0 Å². The van der Waals surface area contributed by atoms with Crippen LogP contribution in [0.1, 0.15) is 28.5 Å². The fourth-order valence-electron chi connectivity index (χ4n) is 2.04. The number of hydrogen-bond acceptors (Lipinski definition) is 3. The predicted molar refractivity (Wildman–Crippen MR) is 74.9 cm³/mol. The molecule has 0 bridgehead atoms. The number of amides is 1. The van der Waals surface area contributed by atoms with E-state index in [1.165, 1.54) is 0 Å². The highest BCUT2D eigenvalue weighted by Gasteiger charge is 2.14. The molecular weight excluding hydrogens is 252 g/mol. The second-order valence-electron chi connectivity index (χ2n) is 4.49. The molecule has 0 saturated carbocycles. The first-order valence-electron chi connectivity index (χ1n) is 6.42. The Bertz CT molecular complexity index is 654. The number of carbonyl (C=O) groups excluding carboxylic acids is 1. The minimum atomic E-state index is -0.106. The zero-order valence-corrected chi connectivity index (χ0v) is 11.6. The van der Waals surface area contributed by atoms with E-state index in [9.17, 15) is 4.79 Å². The fourth-order valence-corrected chi connectivity index (χ4v) is 2.04. The third-order valence-corrected chi connectivity index (χ3v) is 3.09. The van der Waals surface area contributed by atoms with E-state index in [1.807, 2.05) is 23.7 Å². The SMILES string of the molecule is CCn1nccc1CN(C)C(=O)c1cccc(C#N)c1. The van der Waals surface area contributed by atoms with Crippen molar-refractivity contribution in [3.05, 3.63) is 53.3 Å². The quantitative estimate of drug-likeness (QED) is 0.852. The normalized spacial score (nSPS) is 10.1. The lowest BCUT2D eigenvalue weighted by atomic mass is 10.1. The summed E-state index contributed by atoms with van der Waals surface area (Å²) in [5.74, 6) is -0.106. The van der Waals surface area contributed by atoms with Crippen molar-refractivity contribution in [2.24, 2.45) is 0 Å². The molecule has 0 atom stereocenters. The molecule has 20 heavy (non-hydrogen) atoms. The van der Waals surface area contributed by atoms with Crippen LogP contribution in [0.3, 0.4) is 0 Å². The average molecular weight is 268 g/mol. The minimum absolute atomic E-state index is 0.106. The molecule has 5 heteroatoms. The van der Waals surface area contributed by atoms with Gasteiger partial charge in [-0.3, -0.25) is 9.48 Å². The number of aryl methyl sites for hydroxylation is 1. The Labute approximate surface area is 118 Å². The van der Waals surface area contributed by atoms with E-state index in [-0.39, 0.29) is 5.91 Å². The fraction of sp³-hybridized carbons (Fsp3) is 0.267. The maximum absolute atomic E-state index is 12.3. The molecule has 0 fully saturated rings. The molecule has 0 spiro atoms. The Morgan fingerprint density at radius 3 is 2.95 bits per heavy atom. The lowest BCUT2D eigenvalue weighted by molar-refractivity contribution is 0.0781. The molecule has 0 aliphatic heterocycles. The first-order chi connectivity index (χ1) is 9.65. The zero-order valence-electron chi connectivity index (χ0n) is 11.6. The summed E-state index contributed by atoms with van der Waals surface area (Å²) in [6.07, 6.45) is 1.73. The summed E-state index contributed by atoms with van der Waals surface area (Å²) in [4.78, 5) is 14.0.